The van der Waals surface area contributed by atoms with Crippen molar-refractivity contribution >= 4 is 46.8 Å². The smallest absolute Gasteiger partial charge is 0.407 e. The van der Waals surface area contributed by atoms with Gasteiger partial charge >= 0.3 is 12.1 Å². The van der Waals surface area contributed by atoms with E-state index in [1.807, 2.05) is 55.4 Å². The van der Waals surface area contributed by atoms with Crippen molar-refractivity contribution in [1.82, 2.24) is 31.9 Å². The van der Waals surface area contributed by atoms with Gasteiger partial charge in [0.05, 0.1) is 12.2 Å². The second-order valence-corrected chi connectivity index (χ2v) is 14.0. The summed E-state index contributed by atoms with van der Waals surface area (Å²) in [7, 11) is 0. The lowest BCUT2D eigenvalue weighted by Gasteiger charge is -2.14. The van der Waals surface area contributed by atoms with Crippen LogP contribution in [0.25, 0.3) is 0 Å². The van der Waals surface area contributed by atoms with E-state index >= 15 is 0 Å². The maximum Gasteiger partial charge on any atom is 0.407 e. The maximum absolute atomic E-state index is 10.9. The number of hydrogen-bond acceptors (Lipinski definition) is 6. The topological polar surface area (TPSA) is 125 Å². The van der Waals surface area contributed by atoms with Gasteiger partial charge in [-0.05, 0) is 103 Å². The Hall–Kier alpha value is -2.08. The highest BCUT2D eigenvalue weighted by Crippen LogP contribution is 1.93. The molecule has 0 saturated carbocycles. The van der Waals surface area contributed by atoms with Crippen molar-refractivity contribution in [1.29, 1.82) is 0 Å². The number of alkyl carbamates (subject to hydrolysis) is 1. The molecule has 0 saturated heterocycles. The van der Waals surface area contributed by atoms with E-state index in [0.29, 0.717) is 41.4 Å². The molecular weight excluding hydrogens is 597 g/mol. The lowest BCUT2D eigenvalue weighted by molar-refractivity contribution is 0.114. The Balaban J connectivity index is -0.000000242. The molecule has 0 unspecified atom stereocenters. The second kappa shape index (κ2) is 30.9. The summed E-state index contributed by atoms with van der Waals surface area (Å²) in [6.07, 6.45) is -0.196. The molecule has 0 rings (SSSR count). The summed E-state index contributed by atoms with van der Waals surface area (Å²) >= 11 is 9.94. The molecular formula is C32H70N6O4S2. The number of carbonyl (C=O) groups is 2. The highest BCUT2D eigenvalue weighted by Gasteiger charge is 2.04. The number of nitrogens with one attached hydrogen (secondary N) is 6. The van der Waals surface area contributed by atoms with E-state index < -0.39 is 0 Å². The molecule has 6 N–H and O–H groups in total. The minimum atomic E-state index is -0.325. The Morgan fingerprint density at radius 1 is 0.500 bits per heavy atom. The molecule has 0 aromatic heterocycles. The Bertz CT molecular complexity index is 612. The summed E-state index contributed by atoms with van der Waals surface area (Å²) in [6, 6.07) is 0.554. The SMILES string of the molecule is CC(C)CNC(=O)NC(C)C.CC(C)CNC(=O)OC(C)C.CC(C)CNC(=S)NC(C)C.CC(C)CNC(=S)OC(C)C. The van der Waals surface area contributed by atoms with Crippen LogP contribution in [0.1, 0.15) is 111 Å². The first-order valence-corrected chi connectivity index (χ1v) is 16.9. The van der Waals surface area contributed by atoms with Crippen LogP contribution in [0.5, 0.6) is 0 Å². The van der Waals surface area contributed by atoms with E-state index in [1.54, 1.807) is 0 Å². The van der Waals surface area contributed by atoms with Crippen LogP contribution in [-0.4, -0.2) is 72.9 Å². The van der Waals surface area contributed by atoms with E-state index in [1.165, 1.54) is 0 Å². The van der Waals surface area contributed by atoms with Crippen molar-refractivity contribution in [3.05, 3.63) is 0 Å². The van der Waals surface area contributed by atoms with E-state index in [2.05, 4.69) is 87.3 Å². The minimum Gasteiger partial charge on any atom is -0.468 e. The molecule has 0 aliphatic rings. The van der Waals surface area contributed by atoms with Crippen molar-refractivity contribution in [3.8, 4) is 0 Å². The molecule has 0 aromatic rings. The van der Waals surface area contributed by atoms with Gasteiger partial charge in [-0.25, -0.2) is 9.59 Å². The molecule has 3 amide bonds. The van der Waals surface area contributed by atoms with Crippen LogP contribution < -0.4 is 31.9 Å². The average molecular weight is 667 g/mol. The second-order valence-electron chi connectivity index (χ2n) is 13.3. The van der Waals surface area contributed by atoms with Crippen molar-refractivity contribution < 1.29 is 19.1 Å². The minimum absolute atomic E-state index is 0.0397. The van der Waals surface area contributed by atoms with Crippen molar-refractivity contribution in [2.24, 2.45) is 23.7 Å². The monoisotopic (exact) mass is 666 g/mol. The lowest BCUT2D eigenvalue weighted by atomic mass is 10.2. The molecule has 10 nitrogen and oxygen atoms in total. The van der Waals surface area contributed by atoms with Crippen LogP contribution in [0.4, 0.5) is 9.59 Å². The largest absolute Gasteiger partial charge is 0.468 e. The summed E-state index contributed by atoms with van der Waals surface area (Å²) in [4.78, 5) is 21.8. The highest BCUT2D eigenvalue weighted by atomic mass is 32.1. The van der Waals surface area contributed by atoms with Gasteiger partial charge in [0.2, 0.25) is 0 Å². The van der Waals surface area contributed by atoms with Crippen LogP contribution in [0.3, 0.4) is 0 Å². The fraction of sp³-hybridized carbons (Fsp3) is 0.875. The first-order chi connectivity index (χ1) is 20.1. The molecule has 0 aliphatic carbocycles. The summed E-state index contributed by atoms with van der Waals surface area (Å²) in [6.45, 7) is 35.6. The molecule has 0 heterocycles. The molecule has 0 radical (unpaired) electrons. The molecule has 0 bridgehead atoms. The zero-order valence-electron chi connectivity index (χ0n) is 30.9. The maximum atomic E-state index is 10.9. The standard InChI is InChI=1S/C8H18N2O.C8H18N2S.C8H17NO2.C8H17NOS/c2*1-6(2)5-9-8(11)10-7(3)4;1-6(2)5-9-8(10)11-7(3)4;1-6(2)5-9-8(11)10-7(3)4/h2*6-7H,5H2,1-4H3,(H2,9,10,11);6-7H,5H2,1-4H3,(H,9,10);6-7H,5H2,1-4H3,(H,9,11). The lowest BCUT2D eigenvalue weighted by Crippen LogP contribution is -2.40. The molecule has 0 spiro atoms. The number of carbonyl (C=O) groups excluding carboxylic acids is 2. The third-order valence-electron chi connectivity index (χ3n) is 4.18. The van der Waals surface area contributed by atoms with Crippen LogP contribution in [0, 0.1) is 23.7 Å². The molecule has 264 valence electrons. The van der Waals surface area contributed by atoms with Crippen molar-refractivity contribution in [2.75, 3.05) is 26.2 Å². The van der Waals surface area contributed by atoms with E-state index in [0.717, 1.165) is 24.7 Å². The quantitative estimate of drug-likeness (QED) is 0.128. The van der Waals surface area contributed by atoms with Crippen LogP contribution >= 0.6 is 24.4 Å². The van der Waals surface area contributed by atoms with Crippen LogP contribution in [0.15, 0.2) is 0 Å². The number of thiocarbonyl (C=S) groups is 2. The Morgan fingerprint density at radius 2 is 0.864 bits per heavy atom. The summed E-state index contributed by atoms with van der Waals surface area (Å²) < 4.78 is 10.1. The predicted octanol–water partition coefficient (Wildman–Crippen LogP) is 6.58. The first-order valence-electron chi connectivity index (χ1n) is 16.1. The van der Waals surface area contributed by atoms with Gasteiger partial charge in [0.15, 0.2) is 5.11 Å². The van der Waals surface area contributed by atoms with E-state index in [9.17, 15) is 9.59 Å². The van der Waals surface area contributed by atoms with Crippen LogP contribution in [0.2, 0.25) is 0 Å². The molecule has 44 heavy (non-hydrogen) atoms. The number of urea groups is 1. The van der Waals surface area contributed by atoms with Gasteiger partial charge < -0.3 is 41.4 Å². The van der Waals surface area contributed by atoms with Crippen molar-refractivity contribution in [2.45, 2.75) is 135 Å². The first kappa shape index (κ1) is 48.8. The number of ether oxygens (including phenoxy) is 2. The predicted molar refractivity (Wildman–Crippen MR) is 196 cm³/mol. The van der Waals surface area contributed by atoms with Crippen molar-refractivity contribution in [3.63, 3.8) is 0 Å². The van der Waals surface area contributed by atoms with Gasteiger partial charge in [-0.15, -0.1) is 0 Å². The molecule has 0 aliphatic heterocycles. The van der Waals surface area contributed by atoms with Gasteiger partial charge in [0, 0.05) is 38.3 Å². The number of hydrogen-bond donors (Lipinski definition) is 6. The van der Waals surface area contributed by atoms with Gasteiger partial charge in [0.25, 0.3) is 5.17 Å². The normalized spacial score (nSPS) is 10.4. The zero-order valence-corrected chi connectivity index (χ0v) is 32.5. The third kappa shape index (κ3) is 52.6. The summed E-state index contributed by atoms with van der Waals surface area (Å²) in [5.41, 5.74) is 0. The van der Waals surface area contributed by atoms with Crippen LogP contribution in [-0.2, 0) is 9.47 Å². The fourth-order valence-electron chi connectivity index (χ4n) is 2.31. The van der Waals surface area contributed by atoms with Gasteiger partial charge in [0.1, 0.15) is 0 Å². The molecule has 0 fully saturated rings. The molecule has 12 heteroatoms. The summed E-state index contributed by atoms with van der Waals surface area (Å²) in [5.74, 6) is 2.22. The Kier molecular flexibility index (Phi) is 34.3. The Morgan fingerprint density at radius 3 is 1.23 bits per heavy atom. The van der Waals surface area contributed by atoms with Gasteiger partial charge in [-0.3, -0.25) is 0 Å². The zero-order chi connectivity index (χ0) is 35.4. The Labute approximate surface area is 282 Å². The number of rotatable bonds is 12. The fourth-order valence-corrected chi connectivity index (χ4v) is 2.90. The van der Waals surface area contributed by atoms with Gasteiger partial charge in [-0.1, -0.05) is 55.4 Å². The van der Waals surface area contributed by atoms with E-state index in [4.69, 9.17) is 33.9 Å². The molecule has 0 aromatic carbocycles. The summed E-state index contributed by atoms with van der Waals surface area (Å²) in [5, 5.41) is 18.7. The van der Waals surface area contributed by atoms with E-state index in [-0.39, 0.29) is 30.4 Å². The van der Waals surface area contributed by atoms with Gasteiger partial charge in [-0.2, -0.15) is 0 Å². The molecule has 0 atom stereocenters. The highest BCUT2D eigenvalue weighted by molar-refractivity contribution is 7.80. The number of amides is 3. The third-order valence-corrected chi connectivity index (χ3v) is 4.68. The average Bonchev–Trinajstić information content (AvgIpc) is 2.83.